The van der Waals surface area contributed by atoms with Crippen LogP contribution in [0.4, 0.5) is 4.39 Å². The van der Waals surface area contributed by atoms with Crippen molar-refractivity contribution in [2.75, 3.05) is 0 Å². The zero-order valence-corrected chi connectivity index (χ0v) is 8.31. The van der Waals surface area contributed by atoms with Crippen molar-refractivity contribution < 1.29 is 4.39 Å². The number of rotatable bonds is 1. The van der Waals surface area contributed by atoms with E-state index in [1.54, 1.807) is 36.7 Å². The molecule has 1 N–H and O–H groups in total. The normalized spacial score (nSPS) is 10.8. The molecular formula is C12H8FN3. The molecule has 4 heteroatoms. The summed E-state index contributed by atoms with van der Waals surface area (Å²) >= 11 is 0. The predicted molar refractivity (Wildman–Crippen MR) is 59.3 cm³/mol. The predicted octanol–water partition coefficient (Wildman–Crippen LogP) is 2.76. The molecule has 0 aliphatic rings. The number of benzene rings is 1. The molecule has 0 fully saturated rings. The highest BCUT2D eigenvalue weighted by molar-refractivity contribution is 5.79. The number of aromatic nitrogens is 3. The van der Waals surface area contributed by atoms with Crippen molar-refractivity contribution in [1.29, 1.82) is 0 Å². The van der Waals surface area contributed by atoms with Crippen molar-refractivity contribution in [2.45, 2.75) is 0 Å². The van der Waals surface area contributed by atoms with E-state index in [9.17, 15) is 4.39 Å². The fourth-order valence-corrected chi connectivity index (χ4v) is 1.68. The van der Waals surface area contributed by atoms with E-state index in [1.165, 1.54) is 6.07 Å². The summed E-state index contributed by atoms with van der Waals surface area (Å²) in [4.78, 5) is 11.3. The molecule has 0 spiro atoms. The van der Waals surface area contributed by atoms with Gasteiger partial charge in [-0.05, 0) is 18.2 Å². The fraction of sp³-hybridized carbons (Fsp3) is 0. The number of hydrogen-bond acceptors (Lipinski definition) is 2. The standard InChI is InChI=1S/C12H8FN3/c13-9-4-2-1-3-8(9)10-7-11-12(16-10)15-6-5-14-11/h1-7H,(H,15,16). The van der Waals surface area contributed by atoms with Crippen LogP contribution in [0.3, 0.4) is 0 Å². The van der Waals surface area contributed by atoms with Gasteiger partial charge >= 0.3 is 0 Å². The number of aromatic amines is 1. The van der Waals surface area contributed by atoms with Gasteiger partial charge in [0.05, 0.1) is 5.69 Å². The highest BCUT2D eigenvalue weighted by atomic mass is 19.1. The van der Waals surface area contributed by atoms with E-state index in [-0.39, 0.29) is 5.82 Å². The van der Waals surface area contributed by atoms with Crippen molar-refractivity contribution in [3.63, 3.8) is 0 Å². The largest absolute Gasteiger partial charge is 0.338 e. The number of nitrogens with zero attached hydrogens (tertiary/aromatic N) is 2. The Morgan fingerprint density at radius 1 is 1.06 bits per heavy atom. The van der Waals surface area contributed by atoms with Crippen LogP contribution in [0.2, 0.25) is 0 Å². The molecule has 1 aromatic carbocycles. The first-order valence-corrected chi connectivity index (χ1v) is 4.89. The molecular weight excluding hydrogens is 205 g/mol. The van der Waals surface area contributed by atoms with Gasteiger partial charge in [0.15, 0.2) is 5.65 Å². The molecule has 16 heavy (non-hydrogen) atoms. The Balaban J connectivity index is 2.23. The van der Waals surface area contributed by atoms with Crippen molar-refractivity contribution in [1.82, 2.24) is 15.0 Å². The van der Waals surface area contributed by atoms with Crippen LogP contribution in [-0.2, 0) is 0 Å². The van der Waals surface area contributed by atoms with E-state index in [0.29, 0.717) is 16.9 Å². The second-order valence-electron chi connectivity index (χ2n) is 3.45. The molecule has 2 heterocycles. The molecule has 0 unspecified atom stereocenters. The van der Waals surface area contributed by atoms with E-state index >= 15 is 0 Å². The molecule has 0 atom stereocenters. The number of nitrogens with one attached hydrogen (secondary N) is 1. The second kappa shape index (κ2) is 3.41. The van der Waals surface area contributed by atoms with Crippen LogP contribution in [0.15, 0.2) is 42.7 Å². The highest BCUT2D eigenvalue weighted by Gasteiger charge is 2.07. The van der Waals surface area contributed by atoms with E-state index < -0.39 is 0 Å². The van der Waals surface area contributed by atoms with Crippen LogP contribution < -0.4 is 0 Å². The van der Waals surface area contributed by atoms with Crippen molar-refractivity contribution >= 4 is 11.2 Å². The average Bonchev–Trinajstić information content (AvgIpc) is 2.73. The van der Waals surface area contributed by atoms with Gasteiger partial charge in [0.1, 0.15) is 11.3 Å². The molecule has 0 bridgehead atoms. The summed E-state index contributed by atoms with van der Waals surface area (Å²) in [6.07, 6.45) is 3.21. The lowest BCUT2D eigenvalue weighted by Gasteiger charge is -1.98. The Bertz CT molecular complexity index is 612. The SMILES string of the molecule is Fc1ccccc1-c1cc2nccnc2[nH]1. The van der Waals surface area contributed by atoms with Gasteiger partial charge in [0.2, 0.25) is 0 Å². The molecule has 2 aromatic heterocycles. The summed E-state index contributed by atoms with van der Waals surface area (Å²) in [5.41, 5.74) is 2.63. The molecule has 0 aliphatic heterocycles. The topological polar surface area (TPSA) is 41.6 Å². The lowest BCUT2D eigenvalue weighted by molar-refractivity contribution is 0.631. The summed E-state index contributed by atoms with van der Waals surface area (Å²) in [6, 6.07) is 8.41. The zero-order valence-electron chi connectivity index (χ0n) is 8.31. The smallest absolute Gasteiger partial charge is 0.156 e. The van der Waals surface area contributed by atoms with Gasteiger partial charge in [0.25, 0.3) is 0 Å². The number of fused-ring (bicyclic) bond motifs is 1. The van der Waals surface area contributed by atoms with Crippen LogP contribution in [0.1, 0.15) is 0 Å². The van der Waals surface area contributed by atoms with Gasteiger partial charge in [-0.1, -0.05) is 12.1 Å². The third-order valence-electron chi connectivity index (χ3n) is 2.42. The fourth-order valence-electron chi connectivity index (χ4n) is 1.68. The second-order valence-corrected chi connectivity index (χ2v) is 3.45. The van der Waals surface area contributed by atoms with Crippen molar-refractivity contribution in [3.8, 4) is 11.3 Å². The molecule has 3 rings (SSSR count). The highest BCUT2D eigenvalue weighted by Crippen LogP contribution is 2.23. The molecule has 3 nitrogen and oxygen atoms in total. The molecule has 0 aliphatic carbocycles. The van der Waals surface area contributed by atoms with Gasteiger partial charge in [-0.25, -0.2) is 9.37 Å². The van der Waals surface area contributed by atoms with Gasteiger partial charge in [0, 0.05) is 18.0 Å². The Morgan fingerprint density at radius 3 is 2.69 bits per heavy atom. The lowest BCUT2D eigenvalue weighted by Crippen LogP contribution is -1.82. The number of H-pyrrole nitrogens is 1. The number of hydrogen-bond donors (Lipinski definition) is 1. The first-order valence-electron chi connectivity index (χ1n) is 4.89. The lowest BCUT2D eigenvalue weighted by atomic mass is 10.1. The minimum Gasteiger partial charge on any atom is -0.338 e. The maximum absolute atomic E-state index is 13.5. The first-order chi connectivity index (χ1) is 7.84. The Kier molecular flexibility index (Phi) is 1.93. The summed E-state index contributed by atoms with van der Waals surface area (Å²) in [7, 11) is 0. The Hall–Kier alpha value is -2.23. The molecule has 0 saturated carbocycles. The van der Waals surface area contributed by atoms with Crippen LogP contribution in [0.25, 0.3) is 22.4 Å². The van der Waals surface area contributed by atoms with Crippen LogP contribution in [-0.4, -0.2) is 15.0 Å². The molecule has 0 saturated heterocycles. The molecule has 3 aromatic rings. The molecule has 0 amide bonds. The summed E-state index contributed by atoms with van der Waals surface area (Å²) < 4.78 is 13.5. The van der Waals surface area contributed by atoms with Gasteiger partial charge < -0.3 is 4.98 Å². The van der Waals surface area contributed by atoms with Crippen LogP contribution >= 0.6 is 0 Å². The van der Waals surface area contributed by atoms with Crippen LogP contribution in [0, 0.1) is 5.82 Å². The molecule has 78 valence electrons. The minimum atomic E-state index is -0.256. The summed E-state index contributed by atoms with van der Waals surface area (Å²) in [5, 5.41) is 0. The van der Waals surface area contributed by atoms with E-state index in [1.807, 2.05) is 0 Å². The quantitative estimate of drug-likeness (QED) is 0.675. The summed E-state index contributed by atoms with van der Waals surface area (Å²) in [6.45, 7) is 0. The molecule has 0 radical (unpaired) electrons. The maximum Gasteiger partial charge on any atom is 0.156 e. The van der Waals surface area contributed by atoms with E-state index in [4.69, 9.17) is 0 Å². The summed E-state index contributed by atoms with van der Waals surface area (Å²) in [5.74, 6) is -0.256. The van der Waals surface area contributed by atoms with Crippen molar-refractivity contribution in [2.24, 2.45) is 0 Å². The van der Waals surface area contributed by atoms with Crippen LogP contribution in [0.5, 0.6) is 0 Å². The maximum atomic E-state index is 13.5. The van der Waals surface area contributed by atoms with E-state index in [0.717, 1.165) is 5.52 Å². The Labute approximate surface area is 91.0 Å². The number of halogens is 1. The van der Waals surface area contributed by atoms with E-state index in [2.05, 4.69) is 15.0 Å². The third-order valence-corrected chi connectivity index (χ3v) is 2.42. The average molecular weight is 213 g/mol. The van der Waals surface area contributed by atoms with Gasteiger partial charge in [-0.2, -0.15) is 0 Å². The third kappa shape index (κ3) is 1.35. The first kappa shape index (κ1) is 9.03. The minimum absolute atomic E-state index is 0.256. The van der Waals surface area contributed by atoms with Gasteiger partial charge in [-0.15, -0.1) is 0 Å². The Morgan fingerprint density at radius 2 is 1.88 bits per heavy atom. The zero-order chi connectivity index (χ0) is 11.0. The van der Waals surface area contributed by atoms with Crippen molar-refractivity contribution in [3.05, 3.63) is 48.5 Å². The monoisotopic (exact) mass is 213 g/mol. The van der Waals surface area contributed by atoms with Gasteiger partial charge in [-0.3, -0.25) is 4.98 Å².